The number of likely N-dealkylation sites (tertiary alicyclic amines) is 1. The topological polar surface area (TPSA) is 55.9 Å². The van der Waals surface area contributed by atoms with E-state index in [2.05, 4.69) is 22.3 Å². The molecule has 0 atom stereocenters. The van der Waals surface area contributed by atoms with Gasteiger partial charge in [-0.05, 0) is 30.5 Å². The van der Waals surface area contributed by atoms with Crippen molar-refractivity contribution >= 4 is 23.3 Å². The minimum atomic E-state index is -0.0884. The first kappa shape index (κ1) is 20.7. The van der Waals surface area contributed by atoms with Gasteiger partial charge >= 0.3 is 6.03 Å². The molecule has 1 N–H and O–H groups in total. The number of para-hydroxylation sites is 2. The van der Waals surface area contributed by atoms with Crippen molar-refractivity contribution in [3.05, 3.63) is 60.2 Å². The van der Waals surface area contributed by atoms with Crippen LogP contribution >= 0.6 is 0 Å². The van der Waals surface area contributed by atoms with Crippen LogP contribution in [0.5, 0.6) is 0 Å². The van der Waals surface area contributed by atoms with Crippen molar-refractivity contribution < 1.29 is 9.59 Å². The number of carbonyl (C=O) groups excluding carboxylic acids is 2. The molecule has 2 aromatic carbocycles. The van der Waals surface area contributed by atoms with E-state index >= 15 is 0 Å². The van der Waals surface area contributed by atoms with Crippen LogP contribution in [0.3, 0.4) is 0 Å². The molecule has 6 heteroatoms. The second kappa shape index (κ2) is 9.45. The zero-order chi connectivity index (χ0) is 20.8. The molecule has 1 heterocycles. The summed E-state index contributed by atoms with van der Waals surface area (Å²) >= 11 is 0. The maximum atomic E-state index is 12.8. The molecule has 29 heavy (non-hydrogen) atoms. The first-order valence-corrected chi connectivity index (χ1v) is 10.1. The van der Waals surface area contributed by atoms with Gasteiger partial charge in [-0.2, -0.15) is 0 Å². The number of benzene rings is 2. The first-order chi connectivity index (χ1) is 14.0. The van der Waals surface area contributed by atoms with Gasteiger partial charge in [0.05, 0.1) is 11.4 Å². The fraction of sp³-hybridized carbons (Fsp3) is 0.391. The van der Waals surface area contributed by atoms with Gasteiger partial charge in [-0.3, -0.25) is 4.79 Å². The van der Waals surface area contributed by atoms with E-state index in [0.29, 0.717) is 13.1 Å². The van der Waals surface area contributed by atoms with Gasteiger partial charge in [0.25, 0.3) is 0 Å². The van der Waals surface area contributed by atoms with Gasteiger partial charge in [-0.15, -0.1) is 0 Å². The van der Waals surface area contributed by atoms with Gasteiger partial charge in [0.15, 0.2) is 0 Å². The summed E-state index contributed by atoms with van der Waals surface area (Å²) < 4.78 is 0. The molecule has 2 aromatic rings. The van der Waals surface area contributed by atoms with Crippen LogP contribution < -0.4 is 10.2 Å². The lowest BCUT2D eigenvalue weighted by molar-refractivity contribution is -0.130. The molecule has 1 aliphatic rings. The van der Waals surface area contributed by atoms with E-state index < -0.39 is 0 Å². The molecule has 0 aliphatic carbocycles. The van der Waals surface area contributed by atoms with E-state index in [-0.39, 0.29) is 18.0 Å². The molecular weight excluding hydrogens is 364 g/mol. The number of carbonyl (C=O) groups is 2. The van der Waals surface area contributed by atoms with Crippen LogP contribution in [0.25, 0.3) is 0 Å². The Labute approximate surface area is 173 Å². The van der Waals surface area contributed by atoms with Crippen molar-refractivity contribution in [1.82, 2.24) is 9.80 Å². The number of anilines is 2. The van der Waals surface area contributed by atoms with Crippen LogP contribution in [-0.2, 0) is 11.3 Å². The molecule has 0 saturated carbocycles. The van der Waals surface area contributed by atoms with Crippen LogP contribution in [0, 0.1) is 0 Å². The monoisotopic (exact) mass is 394 g/mol. The Morgan fingerprint density at radius 3 is 2.28 bits per heavy atom. The van der Waals surface area contributed by atoms with Crippen LogP contribution in [0.2, 0.25) is 0 Å². The molecular formula is C23H30N4O2. The van der Waals surface area contributed by atoms with Gasteiger partial charge in [-0.1, -0.05) is 42.5 Å². The maximum Gasteiger partial charge on any atom is 0.321 e. The van der Waals surface area contributed by atoms with Crippen molar-refractivity contribution in [3.8, 4) is 0 Å². The largest absolute Gasteiger partial charge is 0.369 e. The van der Waals surface area contributed by atoms with Crippen LogP contribution in [0.4, 0.5) is 16.2 Å². The minimum Gasteiger partial charge on any atom is -0.369 e. The second-order valence-corrected chi connectivity index (χ2v) is 7.64. The third kappa shape index (κ3) is 5.28. The highest BCUT2D eigenvalue weighted by Crippen LogP contribution is 2.27. The summed E-state index contributed by atoms with van der Waals surface area (Å²) in [7, 11) is 3.86. The van der Waals surface area contributed by atoms with Crippen LogP contribution in [-0.4, -0.2) is 55.0 Å². The fourth-order valence-corrected chi connectivity index (χ4v) is 3.76. The molecule has 0 bridgehead atoms. The average Bonchev–Trinajstić information content (AvgIpc) is 2.74. The molecule has 1 fully saturated rings. The maximum absolute atomic E-state index is 12.8. The molecule has 0 radical (unpaired) electrons. The van der Waals surface area contributed by atoms with Crippen molar-refractivity contribution in [1.29, 1.82) is 0 Å². The number of piperidine rings is 1. The zero-order valence-corrected chi connectivity index (χ0v) is 17.5. The summed E-state index contributed by atoms with van der Waals surface area (Å²) in [6, 6.07) is 18.3. The number of urea groups is 1. The Hall–Kier alpha value is -3.02. The average molecular weight is 395 g/mol. The summed E-state index contributed by atoms with van der Waals surface area (Å²) in [6.07, 6.45) is 1.61. The normalized spacial score (nSPS) is 14.4. The highest BCUT2D eigenvalue weighted by atomic mass is 16.2. The number of hydrogen-bond acceptors (Lipinski definition) is 3. The Morgan fingerprint density at radius 1 is 1.00 bits per heavy atom. The van der Waals surface area contributed by atoms with E-state index in [1.165, 1.54) is 5.56 Å². The van der Waals surface area contributed by atoms with E-state index in [1.807, 2.05) is 61.5 Å². The number of hydrogen-bond donors (Lipinski definition) is 1. The van der Waals surface area contributed by atoms with Crippen LogP contribution in [0.15, 0.2) is 54.6 Å². The summed E-state index contributed by atoms with van der Waals surface area (Å²) in [5.41, 5.74) is 3.00. The predicted octanol–water partition coefficient (Wildman–Crippen LogP) is 3.80. The molecule has 3 amide bonds. The Balaban J connectivity index is 1.62. The number of nitrogens with zero attached hydrogens (tertiary/aromatic N) is 3. The minimum absolute atomic E-state index is 0.0725. The van der Waals surface area contributed by atoms with Gasteiger partial charge in [0.2, 0.25) is 5.91 Å². The zero-order valence-electron chi connectivity index (χ0n) is 17.5. The molecule has 0 spiro atoms. The lowest BCUT2D eigenvalue weighted by Crippen LogP contribution is -2.48. The van der Waals surface area contributed by atoms with E-state index in [9.17, 15) is 9.59 Å². The molecule has 1 saturated heterocycles. The molecule has 3 rings (SSSR count). The fourth-order valence-electron chi connectivity index (χ4n) is 3.76. The van der Waals surface area contributed by atoms with E-state index in [0.717, 1.165) is 30.8 Å². The molecule has 6 nitrogen and oxygen atoms in total. The third-order valence-electron chi connectivity index (χ3n) is 5.62. The highest BCUT2D eigenvalue weighted by Gasteiger charge is 2.26. The van der Waals surface area contributed by atoms with E-state index in [1.54, 1.807) is 11.8 Å². The Bertz CT molecular complexity index is 832. The first-order valence-electron chi connectivity index (χ1n) is 10.1. The van der Waals surface area contributed by atoms with Gasteiger partial charge in [0.1, 0.15) is 0 Å². The predicted molar refractivity (Wildman–Crippen MR) is 117 cm³/mol. The van der Waals surface area contributed by atoms with Gasteiger partial charge in [-0.25, -0.2) is 4.79 Å². The number of rotatable bonds is 5. The highest BCUT2D eigenvalue weighted by molar-refractivity contribution is 5.93. The molecule has 1 aliphatic heterocycles. The van der Waals surface area contributed by atoms with Crippen LogP contribution in [0.1, 0.15) is 25.3 Å². The van der Waals surface area contributed by atoms with Crippen molar-refractivity contribution in [3.63, 3.8) is 0 Å². The van der Waals surface area contributed by atoms with Gasteiger partial charge < -0.3 is 20.0 Å². The molecule has 154 valence electrons. The third-order valence-corrected chi connectivity index (χ3v) is 5.62. The summed E-state index contributed by atoms with van der Waals surface area (Å²) in [4.78, 5) is 30.1. The smallest absolute Gasteiger partial charge is 0.321 e. The number of amides is 3. The summed E-state index contributed by atoms with van der Waals surface area (Å²) in [6.45, 7) is 3.64. The molecule has 0 aromatic heterocycles. The lowest BCUT2D eigenvalue weighted by Gasteiger charge is -2.36. The molecule has 0 unspecified atom stereocenters. The number of nitrogens with one attached hydrogen (secondary N) is 1. The standard InChI is InChI=1S/C23H30N4O2/c1-18(28)26(3)20-13-15-27(16-14-20)23(29)24-21-11-7-8-12-22(21)25(2)17-19-9-5-4-6-10-19/h4-12,20H,13-17H2,1-3H3,(H,24,29). The van der Waals surface area contributed by atoms with E-state index in [4.69, 9.17) is 0 Å². The quantitative estimate of drug-likeness (QED) is 0.839. The summed E-state index contributed by atoms with van der Waals surface area (Å²) in [5.74, 6) is 0.0725. The van der Waals surface area contributed by atoms with Gasteiger partial charge in [0, 0.05) is 46.7 Å². The Kier molecular flexibility index (Phi) is 6.75. The van der Waals surface area contributed by atoms with Crippen molar-refractivity contribution in [2.75, 3.05) is 37.4 Å². The lowest BCUT2D eigenvalue weighted by atomic mass is 10.0. The second-order valence-electron chi connectivity index (χ2n) is 7.64. The SMILES string of the molecule is CC(=O)N(C)C1CCN(C(=O)Nc2ccccc2N(C)Cc2ccccc2)CC1. The summed E-state index contributed by atoms with van der Waals surface area (Å²) in [5, 5.41) is 3.08. The van der Waals surface area contributed by atoms with Crippen molar-refractivity contribution in [2.45, 2.75) is 32.4 Å². The van der Waals surface area contributed by atoms with Crippen molar-refractivity contribution in [2.24, 2.45) is 0 Å². The Morgan fingerprint density at radius 2 is 1.62 bits per heavy atom.